The van der Waals surface area contributed by atoms with Gasteiger partial charge in [0.1, 0.15) is 17.6 Å². The van der Waals surface area contributed by atoms with Gasteiger partial charge >= 0.3 is 12.1 Å². The zero-order valence-electron chi connectivity index (χ0n) is 39.0. The van der Waals surface area contributed by atoms with Crippen LogP contribution in [0.25, 0.3) is 0 Å². The van der Waals surface area contributed by atoms with E-state index in [4.69, 9.17) is 40.0 Å². The summed E-state index contributed by atoms with van der Waals surface area (Å²) < 4.78 is 40.1. The van der Waals surface area contributed by atoms with Gasteiger partial charge in [-0.15, -0.1) is 0 Å². The Kier molecular flexibility index (Phi) is 15.6. The van der Waals surface area contributed by atoms with E-state index in [1.165, 1.54) is 0 Å². The van der Waals surface area contributed by atoms with Crippen molar-refractivity contribution in [2.45, 2.75) is 199 Å². The van der Waals surface area contributed by atoms with E-state index in [-0.39, 0.29) is 29.6 Å². The number of carbonyl (C=O) groups excluding carboxylic acids is 2. The summed E-state index contributed by atoms with van der Waals surface area (Å²) in [6, 6.07) is 5.68. The van der Waals surface area contributed by atoms with Crippen LogP contribution in [0.2, 0.25) is 5.02 Å². The standard InChI is InChI=1S/C49H74ClNO12/c1-11-35(44(54)55)37-19-14-27(4)42(60-37)31(8)40(52)30(7)41(53)36(12-2)43-28(5)26-29(6)48(61-43)23-20-38(51-45(56)59-34-17-15-33(50)16-18-34)49(63-48)25-24-46(10,62-49)39-21-22-47(57,13-3)32(9)58-39/h15-18,20,23,27-32,35-40,42-43,52,57H,11-14,19,21-22,24-26H2,1-10H3,(H,51,56)(H,54,55)/t27-,28-,29+,30-,31-,32-,35+,36?,37+,38+,39+,40+,42+,43-,46-,47+,48-,49-/m0/s1. The van der Waals surface area contributed by atoms with Gasteiger partial charge in [0.25, 0.3) is 0 Å². The number of Topliss-reactive ketones (excluding diaryl/α,β-unsaturated/α-hetero) is 1. The Morgan fingerprint density at radius 3 is 2.21 bits per heavy atom. The zero-order valence-corrected chi connectivity index (χ0v) is 39.8. The van der Waals surface area contributed by atoms with E-state index >= 15 is 0 Å². The number of rotatable bonds is 14. The van der Waals surface area contributed by atoms with Crippen LogP contribution in [0, 0.1) is 41.4 Å². The second-order valence-corrected chi connectivity index (χ2v) is 20.4. The Hall–Kier alpha value is -2.62. The van der Waals surface area contributed by atoms with Crippen LogP contribution in [0.4, 0.5) is 4.79 Å². The van der Waals surface area contributed by atoms with Crippen LogP contribution in [-0.2, 0) is 33.3 Å². The molecule has 5 heterocycles. The van der Waals surface area contributed by atoms with Crippen LogP contribution in [0.5, 0.6) is 5.75 Å². The van der Waals surface area contributed by atoms with Crippen molar-refractivity contribution in [2.24, 2.45) is 41.4 Å². The van der Waals surface area contributed by atoms with Crippen LogP contribution in [-0.4, -0.2) is 98.6 Å². The van der Waals surface area contributed by atoms with Crippen LogP contribution in [0.3, 0.4) is 0 Å². The lowest BCUT2D eigenvalue weighted by atomic mass is 9.72. The average molecular weight is 905 g/mol. The largest absolute Gasteiger partial charge is 0.481 e. The number of carboxylic acid groups (broad SMARTS) is 1. The number of halogens is 1. The predicted molar refractivity (Wildman–Crippen MR) is 237 cm³/mol. The van der Waals surface area contributed by atoms with Crippen molar-refractivity contribution in [1.82, 2.24) is 5.32 Å². The van der Waals surface area contributed by atoms with Crippen LogP contribution >= 0.6 is 11.6 Å². The molecule has 2 spiro atoms. The number of aliphatic carboxylic acids is 1. The molecule has 18 atom stereocenters. The van der Waals surface area contributed by atoms with Crippen molar-refractivity contribution in [3.63, 3.8) is 0 Å². The summed E-state index contributed by atoms with van der Waals surface area (Å²) in [5.74, 6) is -6.02. The van der Waals surface area contributed by atoms with Crippen molar-refractivity contribution in [3.8, 4) is 5.75 Å². The van der Waals surface area contributed by atoms with Crippen molar-refractivity contribution >= 4 is 29.4 Å². The van der Waals surface area contributed by atoms with E-state index in [2.05, 4.69) is 26.1 Å². The van der Waals surface area contributed by atoms with Gasteiger partial charge in [-0.05, 0) is 114 Å². The van der Waals surface area contributed by atoms with E-state index in [1.54, 1.807) is 31.2 Å². The Labute approximate surface area is 379 Å². The molecule has 6 rings (SSSR count). The minimum Gasteiger partial charge on any atom is -0.481 e. The molecule has 1 amide bonds. The van der Waals surface area contributed by atoms with E-state index in [9.17, 15) is 29.7 Å². The first-order chi connectivity index (χ1) is 29.6. The van der Waals surface area contributed by atoms with Gasteiger partial charge in [-0.2, -0.15) is 0 Å². The van der Waals surface area contributed by atoms with Crippen molar-refractivity contribution in [1.29, 1.82) is 0 Å². The molecule has 63 heavy (non-hydrogen) atoms. The molecule has 1 aromatic carbocycles. The minimum atomic E-state index is -1.43. The molecular weight excluding hydrogens is 830 g/mol. The van der Waals surface area contributed by atoms with Crippen LogP contribution in [0.15, 0.2) is 36.4 Å². The predicted octanol–water partition coefficient (Wildman–Crippen LogP) is 8.64. The summed E-state index contributed by atoms with van der Waals surface area (Å²) >= 11 is 6.07. The molecule has 5 aliphatic heterocycles. The monoisotopic (exact) mass is 903 g/mol. The summed E-state index contributed by atoms with van der Waals surface area (Å²) in [5, 5.41) is 36.5. The Bertz CT molecular complexity index is 1800. The van der Waals surface area contributed by atoms with E-state index in [0.29, 0.717) is 68.6 Å². The molecule has 354 valence electrons. The molecule has 14 heteroatoms. The highest BCUT2D eigenvalue weighted by molar-refractivity contribution is 6.30. The van der Waals surface area contributed by atoms with E-state index < -0.39 is 95.1 Å². The average Bonchev–Trinajstić information content (AvgIpc) is 3.59. The molecule has 13 nitrogen and oxygen atoms in total. The fourth-order valence-electron chi connectivity index (χ4n) is 11.4. The maximum Gasteiger partial charge on any atom is 0.413 e. The molecule has 1 aromatic rings. The molecule has 4 N–H and O–H groups in total. The summed E-state index contributed by atoms with van der Waals surface area (Å²) in [7, 11) is 0. The number of aliphatic hydroxyl groups excluding tert-OH is 1. The van der Waals surface area contributed by atoms with Crippen molar-refractivity contribution in [2.75, 3.05) is 0 Å². The third-order valence-corrected chi connectivity index (χ3v) is 16.0. The highest BCUT2D eigenvalue weighted by Gasteiger charge is 2.63. The molecule has 0 aromatic heterocycles. The first-order valence-electron chi connectivity index (χ1n) is 23.6. The van der Waals surface area contributed by atoms with Gasteiger partial charge in [-0.1, -0.05) is 73.1 Å². The number of nitrogens with one attached hydrogen (secondary N) is 1. The number of ether oxygens (including phenoxy) is 6. The van der Waals surface area contributed by atoms with Gasteiger partial charge in [0, 0.05) is 35.1 Å². The summed E-state index contributed by atoms with van der Waals surface area (Å²) in [6.45, 7) is 19.5. The second-order valence-electron chi connectivity index (χ2n) is 19.9. The molecule has 0 radical (unpaired) electrons. The quantitative estimate of drug-likeness (QED) is 0.131. The number of hydrogen-bond acceptors (Lipinski definition) is 11. The summed E-state index contributed by atoms with van der Waals surface area (Å²) in [6.07, 6.45) is 5.29. The zero-order chi connectivity index (χ0) is 46.2. The number of amides is 1. The summed E-state index contributed by atoms with van der Waals surface area (Å²) in [4.78, 5) is 40.3. The number of carboxylic acids is 1. The van der Waals surface area contributed by atoms with E-state index in [1.807, 2.05) is 53.7 Å². The molecule has 5 aliphatic rings. The Morgan fingerprint density at radius 1 is 0.905 bits per heavy atom. The van der Waals surface area contributed by atoms with Gasteiger partial charge in [-0.3, -0.25) is 9.59 Å². The lowest BCUT2D eigenvalue weighted by Crippen LogP contribution is -2.66. The van der Waals surface area contributed by atoms with Crippen LogP contribution < -0.4 is 10.1 Å². The first kappa shape index (κ1) is 49.8. The lowest BCUT2D eigenvalue weighted by molar-refractivity contribution is -0.398. The van der Waals surface area contributed by atoms with Gasteiger partial charge < -0.3 is 49.1 Å². The molecule has 0 aliphatic carbocycles. The third-order valence-electron chi connectivity index (χ3n) is 15.8. The number of aliphatic hydroxyl groups is 2. The Morgan fingerprint density at radius 2 is 1.59 bits per heavy atom. The molecular formula is C49H74ClNO12. The maximum atomic E-state index is 14.7. The minimum absolute atomic E-state index is 0.0481. The van der Waals surface area contributed by atoms with Crippen LogP contribution in [0.1, 0.15) is 133 Å². The molecule has 0 saturated carbocycles. The van der Waals surface area contributed by atoms with Gasteiger partial charge in [0.05, 0.1) is 53.7 Å². The second kappa shape index (κ2) is 19.7. The number of hydrogen-bond donors (Lipinski definition) is 4. The molecule has 4 saturated heterocycles. The lowest BCUT2D eigenvalue weighted by Gasteiger charge is -2.55. The molecule has 4 fully saturated rings. The van der Waals surface area contributed by atoms with Gasteiger partial charge in [0.2, 0.25) is 0 Å². The van der Waals surface area contributed by atoms with E-state index in [0.717, 1.165) is 6.42 Å². The number of ketones is 1. The molecule has 1 unspecified atom stereocenters. The number of benzene rings is 1. The third kappa shape index (κ3) is 10.1. The molecule has 0 bridgehead atoms. The highest BCUT2D eigenvalue weighted by atomic mass is 35.5. The van der Waals surface area contributed by atoms with Crippen molar-refractivity contribution < 1.29 is 58.1 Å². The normalized spacial score (nSPS) is 40.5. The number of carbonyl (C=O) groups is 3. The topological polar surface area (TPSA) is 179 Å². The fourth-order valence-corrected chi connectivity index (χ4v) is 11.6. The van der Waals surface area contributed by atoms with Gasteiger partial charge in [-0.25, -0.2) is 4.79 Å². The Balaban J connectivity index is 1.25. The van der Waals surface area contributed by atoms with Gasteiger partial charge in [0.15, 0.2) is 11.6 Å². The smallest absolute Gasteiger partial charge is 0.413 e. The first-order valence-corrected chi connectivity index (χ1v) is 24.0. The van der Waals surface area contributed by atoms with Crippen molar-refractivity contribution in [3.05, 3.63) is 41.4 Å². The SMILES string of the molecule is CCC(C(=O)[C@@H](C)[C@@H](O)[C@H](C)[C@@H]1O[C@@H]([C@@H](CC)C(=O)O)CC[C@@H]1C)[C@H]1O[C@]2(C=C[C@@H](NC(=O)Oc3ccc(Cl)cc3)[C@]3(CC[C@@](C)([C@H]4CC[C@](O)(CC)[C@H](C)O4)O3)O2)[C@H](C)C[C@@H]1C. The highest BCUT2D eigenvalue weighted by Crippen LogP contribution is 2.54. The fraction of sp³-hybridized carbons (Fsp3) is 0.776. The summed E-state index contributed by atoms with van der Waals surface area (Å²) in [5.41, 5.74) is -1.79. The maximum absolute atomic E-state index is 14.7.